The van der Waals surface area contributed by atoms with Crippen LogP contribution in [0.3, 0.4) is 0 Å². The largest absolute Gasteiger partial charge is 0.413 e. The smallest absolute Gasteiger partial charge is 0.339 e. The average molecular weight is 540 g/mol. The molecule has 0 spiro atoms. The minimum Gasteiger partial charge on any atom is -0.339 e. The van der Waals surface area contributed by atoms with Gasteiger partial charge in [-0.1, -0.05) is 23.7 Å². The second kappa shape index (κ2) is 9.66. The van der Waals surface area contributed by atoms with E-state index in [1.807, 2.05) is 4.90 Å². The first-order valence-corrected chi connectivity index (χ1v) is 13.6. The summed E-state index contributed by atoms with van der Waals surface area (Å²) in [6.45, 7) is 0.679. The molecule has 0 saturated carbocycles. The molecule has 36 heavy (non-hydrogen) atoms. The second-order valence-electron chi connectivity index (χ2n) is 9.19. The molecule has 4 heterocycles. The SMILES string of the molecule is CN(C(=O)C1CCS(=O)CC1)[C@@H](c1ccc(N2CCCc3c2cnc2cc(Cl)nn32)cc1)C(F)(F)F. The van der Waals surface area contributed by atoms with Gasteiger partial charge in [0.05, 0.1) is 17.6 Å². The van der Waals surface area contributed by atoms with E-state index in [1.54, 1.807) is 28.9 Å². The minimum absolute atomic E-state index is 0.00819. The van der Waals surface area contributed by atoms with Crippen LogP contribution in [0.2, 0.25) is 5.15 Å². The summed E-state index contributed by atoms with van der Waals surface area (Å²) in [6, 6.07) is 5.76. The predicted molar refractivity (Wildman–Crippen MR) is 132 cm³/mol. The van der Waals surface area contributed by atoms with Gasteiger partial charge in [0, 0.05) is 53.6 Å². The lowest BCUT2D eigenvalue weighted by molar-refractivity contribution is -0.190. The number of halogens is 4. The Balaban J connectivity index is 1.42. The third-order valence-corrected chi connectivity index (χ3v) is 8.49. The maximum Gasteiger partial charge on any atom is 0.413 e. The summed E-state index contributed by atoms with van der Waals surface area (Å²) in [4.78, 5) is 20.1. The van der Waals surface area contributed by atoms with Crippen molar-refractivity contribution >= 4 is 45.3 Å². The van der Waals surface area contributed by atoms with E-state index in [0.29, 0.717) is 41.7 Å². The molecular formula is C24H25ClF3N5O2S. The Labute approximate surface area is 213 Å². The van der Waals surface area contributed by atoms with Crippen molar-refractivity contribution < 1.29 is 22.2 Å². The topological polar surface area (TPSA) is 70.8 Å². The molecule has 1 amide bonds. The van der Waals surface area contributed by atoms with Crippen molar-refractivity contribution in [3.8, 4) is 0 Å². The molecule has 2 aromatic heterocycles. The van der Waals surface area contributed by atoms with E-state index in [-0.39, 0.29) is 5.56 Å². The van der Waals surface area contributed by atoms with Crippen LogP contribution in [0.25, 0.3) is 5.65 Å². The van der Waals surface area contributed by atoms with Gasteiger partial charge in [-0.05, 0) is 43.4 Å². The molecule has 1 atom stereocenters. The second-order valence-corrected chi connectivity index (χ2v) is 11.3. The Morgan fingerprint density at radius 2 is 1.92 bits per heavy atom. The van der Waals surface area contributed by atoms with Crippen molar-refractivity contribution in [3.05, 3.63) is 52.9 Å². The molecular weight excluding hydrogens is 515 g/mol. The van der Waals surface area contributed by atoms with Crippen LogP contribution < -0.4 is 4.90 Å². The van der Waals surface area contributed by atoms with Crippen LogP contribution in [0.15, 0.2) is 36.5 Å². The molecule has 3 aromatic rings. The number of aromatic nitrogens is 3. The maximum absolute atomic E-state index is 14.2. The number of carbonyl (C=O) groups is 1. The lowest BCUT2D eigenvalue weighted by Gasteiger charge is -2.34. The number of anilines is 2. The molecule has 0 radical (unpaired) electrons. The average Bonchev–Trinajstić information content (AvgIpc) is 3.24. The fraction of sp³-hybridized carbons (Fsp3) is 0.458. The zero-order valence-electron chi connectivity index (χ0n) is 19.5. The molecule has 1 aromatic carbocycles. The highest BCUT2D eigenvalue weighted by Crippen LogP contribution is 2.40. The van der Waals surface area contributed by atoms with Gasteiger partial charge in [-0.15, -0.1) is 0 Å². The minimum atomic E-state index is -4.64. The number of hydrogen-bond acceptors (Lipinski definition) is 5. The molecule has 0 bridgehead atoms. The number of aryl methyl sites for hydroxylation is 1. The third kappa shape index (κ3) is 4.70. The Kier molecular flexibility index (Phi) is 6.71. The number of rotatable bonds is 4. The quantitative estimate of drug-likeness (QED) is 0.481. The van der Waals surface area contributed by atoms with Crippen molar-refractivity contribution in [2.45, 2.75) is 37.9 Å². The van der Waals surface area contributed by atoms with Gasteiger partial charge in [0.15, 0.2) is 16.8 Å². The van der Waals surface area contributed by atoms with Gasteiger partial charge in [-0.25, -0.2) is 9.50 Å². The zero-order chi connectivity index (χ0) is 25.6. The van der Waals surface area contributed by atoms with Gasteiger partial charge in [-0.3, -0.25) is 9.00 Å². The van der Waals surface area contributed by atoms with Crippen molar-refractivity contribution in [1.29, 1.82) is 0 Å². The van der Waals surface area contributed by atoms with E-state index in [1.165, 1.54) is 19.2 Å². The van der Waals surface area contributed by atoms with Crippen molar-refractivity contribution in [1.82, 2.24) is 19.5 Å². The Morgan fingerprint density at radius 3 is 2.58 bits per heavy atom. The molecule has 1 saturated heterocycles. The molecule has 12 heteroatoms. The van der Waals surface area contributed by atoms with E-state index in [4.69, 9.17) is 11.6 Å². The van der Waals surface area contributed by atoms with Crippen molar-refractivity contribution in [2.24, 2.45) is 5.92 Å². The molecule has 0 unspecified atom stereocenters. The fourth-order valence-corrected chi connectivity index (χ4v) is 6.59. The lowest BCUT2D eigenvalue weighted by Crippen LogP contribution is -2.43. The molecule has 0 aliphatic carbocycles. The molecule has 0 N–H and O–H groups in total. The van der Waals surface area contributed by atoms with Gasteiger partial charge in [0.2, 0.25) is 5.91 Å². The first kappa shape index (κ1) is 25.0. The van der Waals surface area contributed by atoms with Gasteiger partial charge in [0.25, 0.3) is 0 Å². The number of fused-ring (bicyclic) bond motifs is 3. The van der Waals surface area contributed by atoms with Crippen LogP contribution in [-0.4, -0.2) is 60.9 Å². The van der Waals surface area contributed by atoms with E-state index >= 15 is 0 Å². The van der Waals surface area contributed by atoms with Gasteiger partial charge in [-0.2, -0.15) is 18.3 Å². The molecule has 2 aliphatic heterocycles. The summed E-state index contributed by atoms with van der Waals surface area (Å²) in [5.74, 6) is -0.407. The summed E-state index contributed by atoms with van der Waals surface area (Å²) in [5.41, 5.74) is 3.13. The van der Waals surface area contributed by atoms with Crippen molar-refractivity contribution in [3.63, 3.8) is 0 Å². The zero-order valence-corrected chi connectivity index (χ0v) is 21.1. The van der Waals surface area contributed by atoms with E-state index < -0.39 is 34.8 Å². The molecule has 2 aliphatic rings. The highest BCUT2D eigenvalue weighted by Gasteiger charge is 2.46. The van der Waals surface area contributed by atoms with Gasteiger partial charge < -0.3 is 9.80 Å². The summed E-state index contributed by atoms with van der Waals surface area (Å²) in [6.07, 6.45) is -0.612. The van der Waals surface area contributed by atoms with Crippen LogP contribution >= 0.6 is 11.6 Å². The Morgan fingerprint density at radius 1 is 1.22 bits per heavy atom. The molecule has 1 fully saturated rings. The first-order chi connectivity index (χ1) is 17.1. The number of carbonyl (C=O) groups excluding carboxylic acids is 1. The Bertz CT molecular complexity index is 1300. The summed E-state index contributed by atoms with van der Waals surface area (Å²) in [5, 5.41) is 4.65. The van der Waals surface area contributed by atoms with Gasteiger partial charge in [0.1, 0.15) is 0 Å². The Hall–Kier alpha value is -2.66. The number of benzene rings is 1. The third-order valence-electron chi connectivity index (χ3n) is 6.92. The normalized spacial score (nSPS) is 21.3. The van der Waals surface area contributed by atoms with E-state index in [9.17, 15) is 22.2 Å². The number of alkyl halides is 3. The standard InChI is InChI=1S/C24H25ClF3N5O2S/c1-31(23(34)16-8-11-36(35)12-9-16)22(24(26,27)28)15-4-6-17(7-5-15)32-10-2-3-18-19(32)14-29-21-13-20(25)30-33(18)21/h4-7,13-14,16,22H,2-3,8-12H2,1H3/t16?,22-,36?/m0/s1. The summed E-state index contributed by atoms with van der Waals surface area (Å²) in [7, 11) is 0.205. The van der Waals surface area contributed by atoms with Crippen LogP contribution in [-0.2, 0) is 22.0 Å². The predicted octanol–water partition coefficient (Wildman–Crippen LogP) is 4.69. The summed E-state index contributed by atoms with van der Waals surface area (Å²) < 4.78 is 55.8. The van der Waals surface area contributed by atoms with Crippen LogP contribution in [0.5, 0.6) is 0 Å². The monoisotopic (exact) mass is 539 g/mol. The molecule has 192 valence electrons. The van der Waals surface area contributed by atoms with E-state index in [2.05, 4.69) is 10.1 Å². The fourth-order valence-electron chi connectivity index (χ4n) is 5.12. The highest BCUT2D eigenvalue weighted by molar-refractivity contribution is 7.85. The van der Waals surface area contributed by atoms with Crippen molar-refractivity contribution in [2.75, 3.05) is 30.0 Å². The van der Waals surface area contributed by atoms with Gasteiger partial charge >= 0.3 is 6.18 Å². The molecule has 5 rings (SSSR count). The maximum atomic E-state index is 14.2. The van der Waals surface area contributed by atoms with Crippen LogP contribution in [0, 0.1) is 5.92 Å². The first-order valence-electron chi connectivity index (χ1n) is 11.7. The highest BCUT2D eigenvalue weighted by atomic mass is 35.5. The number of hydrogen-bond donors (Lipinski definition) is 0. The number of nitrogens with zero attached hydrogens (tertiary/aromatic N) is 5. The summed E-state index contributed by atoms with van der Waals surface area (Å²) >= 11 is 6.05. The van der Waals surface area contributed by atoms with Crippen LogP contribution in [0.1, 0.15) is 36.6 Å². The van der Waals surface area contributed by atoms with E-state index in [0.717, 1.165) is 34.8 Å². The number of amides is 1. The lowest BCUT2D eigenvalue weighted by atomic mass is 9.98. The molecule has 7 nitrogen and oxygen atoms in total. The van der Waals surface area contributed by atoms with Crippen LogP contribution in [0.4, 0.5) is 24.5 Å².